The molecule has 2 aliphatic heterocycles. The number of hydrogen-bond donors (Lipinski definition) is 1. The van der Waals surface area contributed by atoms with E-state index in [1.807, 2.05) is 25.1 Å². The van der Waals surface area contributed by atoms with Gasteiger partial charge in [0, 0.05) is 24.7 Å². The van der Waals surface area contributed by atoms with Gasteiger partial charge in [0.2, 0.25) is 10.0 Å². The molecule has 0 saturated carbocycles. The Labute approximate surface area is 178 Å². The first kappa shape index (κ1) is 22.7. The molecule has 3 rings (SSSR count). The first-order valence-corrected chi connectivity index (χ1v) is 11.9. The molecule has 0 spiro atoms. The summed E-state index contributed by atoms with van der Waals surface area (Å²) in [6.45, 7) is 10.3. The molecular weight excluding hydrogens is 406 g/mol. The van der Waals surface area contributed by atoms with E-state index in [0.717, 1.165) is 17.0 Å². The molecule has 1 aromatic heterocycles. The van der Waals surface area contributed by atoms with Gasteiger partial charge in [-0.05, 0) is 51.3 Å². The standard InChI is InChI=1S/C21H31N3O5S/c1-14(2)18-8-5-7-16(22-18)11-20-19(23-30(26,27)17-12-28-13-17)9-6-10-24(20)21(25)29-15(3)4/h5,7-8,15,17,19-20,23H,1,6,9-13H2,2-4H3/t19-,20-/m0/s1. The largest absolute Gasteiger partial charge is 0.447 e. The molecule has 2 fully saturated rings. The van der Waals surface area contributed by atoms with Gasteiger partial charge in [0.1, 0.15) is 5.25 Å². The second-order valence-electron chi connectivity index (χ2n) is 8.26. The third-order valence-electron chi connectivity index (χ3n) is 5.37. The third kappa shape index (κ3) is 5.39. The van der Waals surface area contributed by atoms with Gasteiger partial charge in [-0.2, -0.15) is 0 Å². The van der Waals surface area contributed by atoms with E-state index in [2.05, 4.69) is 16.3 Å². The average Bonchev–Trinajstić information content (AvgIpc) is 2.60. The molecule has 1 N–H and O–H groups in total. The van der Waals surface area contributed by atoms with E-state index >= 15 is 0 Å². The van der Waals surface area contributed by atoms with Gasteiger partial charge in [-0.25, -0.2) is 17.9 Å². The summed E-state index contributed by atoms with van der Waals surface area (Å²) in [5.74, 6) is 0. The highest BCUT2D eigenvalue weighted by atomic mass is 32.2. The number of rotatable bonds is 7. The summed E-state index contributed by atoms with van der Waals surface area (Å²) in [7, 11) is -3.53. The van der Waals surface area contributed by atoms with E-state index < -0.39 is 33.5 Å². The summed E-state index contributed by atoms with van der Waals surface area (Å²) in [5, 5.41) is -0.541. The predicted octanol–water partition coefficient (Wildman–Crippen LogP) is 2.35. The minimum absolute atomic E-state index is 0.202. The molecule has 0 bridgehead atoms. The Morgan fingerprint density at radius 2 is 2.13 bits per heavy atom. The van der Waals surface area contributed by atoms with Gasteiger partial charge < -0.3 is 14.4 Å². The van der Waals surface area contributed by atoms with Crippen molar-refractivity contribution < 1.29 is 22.7 Å². The topological polar surface area (TPSA) is 97.8 Å². The molecule has 1 amide bonds. The summed E-state index contributed by atoms with van der Waals surface area (Å²) in [4.78, 5) is 19.0. The third-order valence-corrected chi connectivity index (χ3v) is 7.16. The fourth-order valence-corrected chi connectivity index (χ4v) is 5.13. The lowest BCUT2D eigenvalue weighted by Crippen LogP contribution is -2.60. The van der Waals surface area contributed by atoms with E-state index in [9.17, 15) is 13.2 Å². The van der Waals surface area contributed by atoms with Gasteiger partial charge in [0.15, 0.2) is 0 Å². The van der Waals surface area contributed by atoms with Crippen molar-refractivity contribution in [1.82, 2.24) is 14.6 Å². The number of carbonyl (C=O) groups excluding carboxylic acids is 1. The zero-order valence-corrected chi connectivity index (χ0v) is 18.7. The molecule has 166 valence electrons. The Morgan fingerprint density at radius 3 is 2.73 bits per heavy atom. The van der Waals surface area contributed by atoms with Crippen LogP contribution in [0.25, 0.3) is 5.57 Å². The van der Waals surface area contributed by atoms with Crippen molar-refractivity contribution in [2.24, 2.45) is 0 Å². The fraction of sp³-hybridized carbons (Fsp3) is 0.619. The zero-order chi connectivity index (χ0) is 21.9. The van der Waals surface area contributed by atoms with Crippen LogP contribution >= 0.6 is 0 Å². The molecule has 8 nitrogen and oxygen atoms in total. The van der Waals surface area contributed by atoms with Gasteiger partial charge in [-0.3, -0.25) is 4.98 Å². The number of pyridine rings is 1. The highest BCUT2D eigenvalue weighted by molar-refractivity contribution is 7.90. The molecular formula is C21H31N3O5S. The van der Waals surface area contributed by atoms with E-state index in [1.165, 1.54) is 0 Å². The minimum Gasteiger partial charge on any atom is -0.447 e. The number of amides is 1. The van der Waals surface area contributed by atoms with Crippen molar-refractivity contribution >= 4 is 21.7 Å². The van der Waals surface area contributed by atoms with E-state index in [-0.39, 0.29) is 19.3 Å². The van der Waals surface area contributed by atoms with Gasteiger partial charge in [0.05, 0.1) is 31.1 Å². The molecule has 0 unspecified atom stereocenters. The fourth-order valence-electron chi connectivity index (χ4n) is 3.69. The zero-order valence-electron chi connectivity index (χ0n) is 17.8. The maximum Gasteiger partial charge on any atom is 0.410 e. The highest BCUT2D eigenvalue weighted by Crippen LogP contribution is 2.25. The SMILES string of the molecule is C=C(C)c1cccc(C[C@H]2[C@@H](NS(=O)(=O)C3COC3)CCCN2C(=O)OC(C)C)n1. The van der Waals surface area contributed by atoms with Crippen LogP contribution in [-0.2, 0) is 25.9 Å². The first-order chi connectivity index (χ1) is 14.2. The van der Waals surface area contributed by atoms with Crippen LogP contribution in [0.5, 0.6) is 0 Å². The highest BCUT2D eigenvalue weighted by Gasteiger charge is 2.41. The number of sulfonamides is 1. The van der Waals surface area contributed by atoms with E-state index in [1.54, 1.807) is 18.7 Å². The average molecular weight is 438 g/mol. The monoisotopic (exact) mass is 437 g/mol. The predicted molar refractivity (Wildman–Crippen MR) is 114 cm³/mol. The van der Waals surface area contributed by atoms with Crippen molar-refractivity contribution in [3.8, 4) is 0 Å². The van der Waals surface area contributed by atoms with Crippen LogP contribution in [0, 0.1) is 0 Å². The molecule has 2 atom stereocenters. The molecule has 0 aromatic carbocycles. The van der Waals surface area contributed by atoms with Crippen molar-refractivity contribution in [3.05, 3.63) is 36.2 Å². The van der Waals surface area contributed by atoms with Crippen LogP contribution < -0.4 is 4.72 Å². The van der Waals surface area contributed by atoms with Crippen LogP contribution in [0.15, 0.2) is 24.8 Å². The van der Waals surface area contributed by atoms with Crippen molar-refractivity contribution in [3.63, 3.8) is 0 Å². The summed E-state index contributed by atoms with van der Waals surface area (Å²) in [5.41, 5.74) is 2.41. The van der Waals surface area contributed by atoms with Gasteiger partial charge in [0.25, 0.3) is 0 Å². The van der Waals surface area contributed by atoms with Gasteiger partial charge in [-0.1, -0.05) is 12.6 Å². The quantitative estimate of drug-likeness (QED) is 0.703. The molecule has 2 aliphatic rings. The molecule has 30 heavy (non-hydrogen) atoms. The Morgan fingerprint density at radius 1 is 1.40 bits per heavy atom. The number of aromatic nitrogens is 1. The number of nitrogens with zero attached hydrogens (tertiary/aromatic N) is 2. The van der Waals surface area contributed by atoms with Crippen molar-refractivity contribution in [2.45, 2.75) is 63.5 Å². The second kappa shape index (κ2) is 9.45. The van der Waals surface area contributed by atoms with Crippen LogP contribution in [-0.4, -0.2) is 67.6 Å². The number of ether oxygens (including phenoxy) is 2. The van der Waals surface area contributed by atoms with Gasteiger partial charge >= 0.3 is 6.09 Å². The normalized spacial score (nSPS) is 22.6. The Bertz CT molecular complexity index is 882. The summed E-state index contributed by atoms with van der Waals surface area (Å²) in [6.07, 6.45) is 1.07. The number of nitrogens with one attached hydrogen (secondary N) is 1. The first-order valence-electron chi connectivity index (χ1n) is 10.4. The van der Waals surface area contributed by atoms with E-state index in [4.69, 9.17) is 9.47 Å². The Balaban J connectivity index is 1.86. The molecule has 2 saturated heterocycles. The summed E-state index contributed by atoms with van der Waals surface area (Å²) < 4.78 is 38.8. The lowest BCUT2D eigenvalue weighted by Gasteiger charge is -2.41. The number of carbonyl (C=O) groups is 1. The van der Waals surface area contributed by atoms with Crippen LogP contribution in [0.4, 0.5) is 4.79 Å². The van der Waals surface area contributed by atoms with Crippen LogP contribution in [0.3, 0.4) is 0 Å². The molecule has 9 heteroatoms. The maximum absolute atomic E-state index is 12.8. The lowest BCUT2D eigenvalue weighted by molar-refractivity contribution is 0.0379. The van der Waals surface area contributed by atoms with E-state index in [0.29, 0.717) is 25.8 Å². The van der Waals surface area contributed by atoms with Crippen LogP contribution in [0.2, 0.25) is 0 Å². The molecule has 3 heterocycles. The number of allylic oxidation sites excluding steroid dienone is 1. The van der Waals surface area contributed by atoms with Crippen molar-refractivity contribution in [1.29, 1.82) is 0 Å². The Kier molecular flexibility index (Phi) is 7.15. The maximum atomic E-state index is 12.8. The van der Waals surface area contributed by atoms with Gasteiger partial charge in [-0.15, -0.1) is 0 Å². The Hall–Kier alpha value is -1.97. The molecule has 0 radical (unpaired) electrons. The molecule has 0 aliphatic carbocycles. The van der Waals surface area contributed by atoms with Crippen molar-refractivity contribution in [2.75, 3.05) is 19.8 Å². The minimum atomic E-state index is -3.53. The summed E-state index contributed by atoms with van der Waals surface area (Å²) in [6, 6.07) is 4.86. The lowest BCUT2D eigenvalue weighted by atomic mass is 9.93. The van der Waals surface area contributed by atoms with Crippen LogP contribution in [0.1, 0.15) is 45.0 Å². The number of hydrogen-bond acceptors (Lipinski definition) is 6. The number of likely N-dealkylation sites (tertiary alicyclic amines) is 1. The smallest absolute Gasteiger partial charge is 0.410 e. The number of piperidine rings is 1. The summed E-state index contributed by atoms with van der Waals surface area (Å²) >= 11 is 0. The second-order valence-corrected chi connectivity index (χ2v) is 10.3. The molecule has 1 aromatic rings.